The van der Waals surface area contributed by atoms with Crippen molar-refractivity contribution in [3.63, 3.8) is 0 Å². The molecule has 0 aliphatic carbocycles. The number of β-amino-alcohol motifs (C(OH)–C–C–N with tert-alkyl or cyclic N) is 1. The lowest BCUT2D eigenvalue weighted by atomic mass is 10.1. The summed E-state index contributed by atoms with van der Waals surface area (Å²) in [6, 6.07) is 6.33. The Kier molecular flexibility index (Phi) is 8.75. The number of nitrogens with one attached hydrogen (secondary N) is 1. The van der Waals surface area contributed by atoms with Crippen LogP contribution in [0.4, 0.5) is 0 Å². The number of hydrogen-bond donors (Lipinski definition) is 10. The third kappa shape index (κ3) is 6.21. The Morgan fingerprint density at radius 2 is 1.29 bits per heavy atom. The first-order valence-corrected chi connectivity index (χ1v) is 9.29. The normalized spacial score (nSPS) is 22.3. The maximum atomic E-state index is 10.0. The maximum absolute atomic E-state index is 10.0. The molecule has 180 valence electrons. The largest absolute Gasteiger partial charge is 0.493 e. The molecule has 0 spiro atoms. The summed E-state index contributed by atoms with van der Waals surface area (Å²) in [5, 5.41) is 88.7. The van der Waals surface area contributed by atoms with Gasteiger partial charge in [-0.15, -0.1) is 0 Å². The molecule has 1 saturated heterocycles. The monoisotopic (exact) mass is 452 g/mol. The molecule has 0 bridgehead atoms. The zero-order chi connectivity index (χ0) is 24.3. The smallest absolute Gasteiger partial charge is 0.302 e. The second-order valence-corrected chi connectivity index (χ2v) is 7.70. The zero-order valence-corrected chi connectivity index (χ0v) is 17.7. The van der Waals surface area contributed by atoms with Gasteiger partial charge in [0.25, 0.3) is 11.8 Å². The molecule has 1 aromatic rings. The van der Waals surface area contributed by atoms with Crippen LogP contribution in [0.1, 0.15) is 20.8 Å². The predicted octanol–water partition coefficient (Wildman–Crippen LogP) is -3.44. The predicted molar refractivity (Wildman–Crippen MR) is 104 cm³/mol. The van der Waals surface area contributed by atoms with Gasteiger partial charge in [0.15, 0.2) is 11.5 Å². The summed E-state index contributed by atoms with van der Waals surface area (Å²) in [6.07, 6.45) is -1.70. The molecule has 1 heterocycles. The SMILES string of the molecule is CC(C)C.COc1ccccc1OCC(O)CN1C(O)(O)C(O)(O)NC(O)(O)C1(O)O. The minimum Gasteiger partial charge on any atom is -0.493 e. The first-order valence-electron chi connectivity index (χ1n) is 9.29. The molecule has 1 fully saturated rings. The van der Waals surface area contributed by atoms with E-state index < -0.39 is 42.9 Å². The van der Waals surface area contributed by atoms with Gasteiger partial charge in [0.1, 0.15) is 12.7 Å². The van der Waals surface area contributed by atoms with E-state index in [9.17, 15) is 46.0 Å². The number of aliphatic hydroxyl groups excluding tert-OH is 1. The van der Waals surface area contributed by atoms with Gasteiger partial charge in [-0.25, -0.2) is 5.32 Å². The lowest BCUT2D eigenvalue weighted by molar-refractivity contribution is -0.565. The quantitative estimate of drug-likeness (QED) is 0.190. The lowest BCUT2D eigenvalue weighted by Gasteiger charge is -2.56. The fourth-order valence-corrected chi connectivity index (χ4v) is 2.45. The van der Waals surface area contributed by atoms with Gasteiger partial charge < -0.3 is 55.4 Å². The van der Waals surface area contributed by atoms with E-state index in [0.29, 0.717) is 5.75 Å². The molecular formula is C18H32N2O11. The third-order valence-electron chi connectivity index (χ3n) is 3.93. The second kappa shape index (κ2) is 9.89. The Morgan fingerprint density at radius 3 is 1.71 bits per heavy atom. The first kappa shape index (κ1) is 27.4. The highest BCUT2D eigenvalue weighted by Gasteiger charge is 2.72. The molecule has 10 N–H and O–H groups in total. The van der Waals surface area contributed by atoms with Crippen molar-refractivity contribution in [3.8, 4) is 11.5 Å². The van der Waals surface area contributed by atoms with Gasteiger partial charge in [-0.05, 0) is 18.1 Å². The van der Waals surface area contributed by atoms with Crippen molar-refractivity contribution in [1.29, 1.82) is 0 Å². The van der Waals surface area contributed by atoms with E-state index in [1.165, 1.54) is 13.2 Å². The summed E-state index contributed by atoms with van der Waals surface area (Å²) >= 11 is 0. The molecule has 13 nitrogen and oxygen atoms in total. The minimum absolute atomic E-state index is 0.204. The third-order valence-corrected chi connectivity index (χ3v) is 3.93. The van der Waals surface area contributed by atoms with Crippen molar-refractivity contribution in [2.75, 3.05) is 20.3 Å². The molecule has 0 saturated carbocycles. The van der Waals surface area contributed by atoms with Gasteiger partial charge in [-0.2, -0.15) is 4.90 Å². The highest BCUT2D eigenvalue weighted by atomic mass is 16.7. The van der Waals surface area contributed by atoms with Gasteiger partial charge in [0.2, 0.25) is 0 Å². The molecule has 1 aromatic carbocycles. The van der Waals surface area contributed by atoms with Crippen LogP contribution >= 0.6 is 0 Å². The Balaban J connectivity index is 0.00000110. The van der Waals surface area contributed by atoms with Crippen molar-refractivity contribution >= 4 is 0 Å². The zero-order valence-electron chi connectivity index (χ0n) is 17.7. The summed E-state index contributed by atoms with van der Waals surface area (Å²) in [4.78, 5) is -0.354. The van der Waals surface area contributed by atoms with Crippen molar-refractivity contribution in [2.45, 2.75) is 50.5 Å². The van der Waals surface area contributed by atoms with Crippen molar-refractivity contribution < 1.29 is 55.4 Å². The van der Waals surface area contributed by atoms with Gasteiger partial charge in [0, 0.05) is 6.54 Å². The molecule has 1 unspecified atom stereocenters. The Bertz CT molecular complexity index is 681. The number of aliphatic hydroxyl groups is 9. The average Bonchev–Trinajstić information content (AvgIpc) is 2.61. The van der Waals surface area contributed by atoms with Crippen LogP contribution in [0.5, 0.6) is 11.5 Å². The maximum Gasteiger partial charge on any atom is 0.302 e. The van der Waals surface area contributed by atoms with Crippen LogP contribution in [0, 0.1) is 5.92 Å². The molecule has 0 radical (unpaired) electrons. The molecule has 0 amide bonds. The van der Waals surface area contributed by atoms with Crippen LogP contribution in [-0.4, -0.2) is 101 Å². The van der Waals surface area contributed by atoms with Crippen molar-refractivity contribution in [3.05, 3.63) is 24.3 Å². The van der Waals surface area contributed by atoms with Gasteiger partial charge in [-0.3, -0.25) is 0 Å². The highest BCUT2D eigenvalue weighted by Crippen LogP contribution is 2.36. The average molecular weight is 452 g/mol. The van der Waals surface area contributed by atoms with E-state index in [-0.39, 0.29) is 10.6 Å². The second-order valence-electron chi connectivity index (χ2n) is 7.70. The first-order chi connectivity index (χ1) is 14.0. The van der Waals surface area contributed by atoms with E-state index in [4.69, 9.17) is 9.47 Å². The van der Waals surface area contributed by atoms with Crippen LogP contribution in [0.25, 0.3) is 0 Å². The van der Waals surface area contributed by atoms with E-state index >= 15 is 0 Å². The molecule has 0 aromatic heterocycles. The number of nitrogens with zero attached hydrogens (tertiary/aromatic N) is 1. The lowest BCUT2D eigenvalue weighted by Crippen LogP contribution is -2.90. The van der Waals surface area contributed by atoms with E-state index in [1.54, 1.807) is 18.2 Å². The Hall–Kier alpha value is -1.62. The standard InChI is InChI=1S/C14H22N2O11.C4H10/c1-26-9-4-2-3-5-10(9)27-7-8(17)6-16-13(22,23)11(18,19)15-12(20,21)14(16,24)25;1-4(2)3/h2-5,8,15,17-25H,6-7H2,1H3;4H,1-3H3. The highest BCUT2D eigenvalue weighted by molar-refractivity contribution is 5.39. The van der Waals surface area contributed by atoms with Gasteiger partial charge >= 0.3 is 11.8 Å². The number of hydrogen-bond acceptors (Lipinski definition) is 13. The van der Waals surface area contributed by atoms with Crippen LogP contribution in [0.15, 0.2) is 24.3 Å². The fourth-order valence-electron chi connectivity index (χ4n) is 2.45. The molecule has 1 aliphatic heterocycles. The van der Waals surface area contributed by atoms with Gasteiger partial charge in [-0.1, -0.05) is 32.9 Å². The van der Waals surface area contributed by atoms with E-state index in [1.807, 2.05) is 0 Å². The summed E-state index contributed by atoms with van der Waals surface area (Å²) in [5.41, 5.74) is 0. The number of ether oxygens (including phenoxy) is 2. The summed E-state index contributed by atoms with van der Waals surface area (Å²) in [7, 11) is 1.38. The molecule has 13 heteroatoms. The molecule has 1 aliphatic rings. The number of benzene rings is 1. The summed E-state index contributed by atoms with van der Waals surface area (Å²) in [6.45, 7) is 4.84. The molecule has 2 rings (SSSR count). The summed E-state index contributed by atoms with van der Waals surface area (Å²) < 4.78 is 10.3. The fraction of sp³-hybridized carbons (Fsp3) is 0.667. The Labute approximate surface area is 178 Å². The van der Waals surface area contributed by atoms with Crippen LogP contribution in [-0.2, 0) is 0 Å². The molecular weight excluding hydrogens is 420 g/mol. The van der Waals surface area contributed by atoms with Crippen LogP contribution in [0.2, 0.25) is 0 Å². The number of rotatable bonds is 6. The van der Waals surface area contributed by atoms with E-state index in [0.717, 1.165) is 11.2 Å². The summed E-state index contributed by atoms with van der Waals surface area (Å²) in [5.74, 6) is -14.0. The van der Waals surface area contributed by atoms with Crippen LogP contribution < -0.4 is 14.8 Å². The van der Waals surface area contributed by atoms with E-state index in [2.05, 4.69) is 20.8 Å². The molecule has 31 heavy (non-hydrogen) atoms. The number of para-hydroxylation sites is 2. The number of piperazine rings is 1. The van der Waals surface area contributed by atoms with Crippen molar-refractivity contribution in [2.24, 2.45) is 5.92 Å². The minimum atomic E-state index is -3.86. The van der Waals surface area contributed by atoms with Crippen molar-refractivity contribution in [1.82, 2.24) is 10.2 Å². The van der Waals surface area contributed by atoms with Crippen LogP contribution in [0.3, 0.4) is 0 Å². The topological polar surface area (TPSA) is 216 Å². The number of methoxy groups -OCH3 is 1. The van der Waals surface area contributed by atoms with Gasteiger partial charge in [0.05, 0.1) is 7.11 Å². The molecule has 1 atom stereocenters. The Morgan fingerprint density at radius 1 is 0.871 bits per heavy atom.